The first-order chi connectivity index (χ1) is 18.7. The number of hydrogen-bond acceptors (Lipinski definition) is 4. The van der Waals surface area contributed by atoms with Crippen LogP contribution in [-0.4, -0.2) is 51.0 Å². The molecule has 0 aliphatic carbocycles. The molecule has 3 aromatic carbocycles. The molecule has 40 heavy (non-hydrogen) atoms. The van der Waals surface area contributed by atoms with E-state index in [-0.39, 0.29) is 12.0 Å². The van der Waals surface area contributed by atoms with Gasteiger partial charge in [-0.2, -0.15) is 13.2 Å². The fourth-order valence-electron chi connectivity index (χ4n) is 4.03. The topological polar surface area (TPSA) is 86.8 Å². The molecule has 1 unspecified atom stereocenters. The van der Waals surface area contributed by atoms with Crippen LogP contribution in [0.15, 0.2) is 72.8 Å². The number of benzene rings is 3. The molecule has 0 fully saturated rings. The highest BCUT2D eigenvalue weighted by Gasteiger charge is 2.36. The number of carbonyl (C=O) groups excluding carboxylic acids is 2. The highest BCUT2D eigenvalue weighted by molar-refractivity contribution is 7.92. The Morgan fingerprint density at radius 1 is 1.00 bits per heavy atom. The van der Waals surface area contributed by atoms with E-state index in [9.17, 15) is 35.6 Å². The van der Waals surface area contributed by atoms with Gasteiger partial charge in [0.2, 0.25) is 21.8 Å². The second-order valence-corrected chi connectivity index (χ2v) is 11.2. The Hall–Kier alpha value is -3.64. The van der Waals surface area contributed by atoms with Gasteiger partial charge in [0.1, 0.15) is 18.4 Å². The minimum Gasteiger partial charge on any atom is -0.357 e. The minimum atomic E-state index is -4.89. The number of alkyl halides is 3. The summed E-state index contributed by atoms with van der Waals surface area (Å²) < 4.78 is 81.0. The molecule has 0 radical (unpaired) electrons. The van der Waals surface area contributed by atoms with Crippen LogP contribution in [0.3, 0.4) is 0 Å². The van der Waals surface area contributed by atoms with Crippen molar-refractivity contribution in [2.75, 3.05) is 24.2 Å². The Morgan fingerprint density at radius 2 is 1.62 bits per heavy atom. The van der Waals surface area contributed by atoms with Crippen molar-refractivity contribution in [1.82, 2.24) is 10.2 Å². The van der Waals surface area contributed by atoms with Crippen molar-refractivity contribution >= 4 is 39.1 Å². The molecule has 0 saturated carbocycles. The monoisotopic (exact) mass is 599 g/mol. The molecular formula is C27H26ClF4N3O4S. The number of nitrogens with one attached hydrogen (secondary N) is 1. The van der Waals surface area contributed by atoms with Gasteiger partial charge >= 0.3 is 6.18 Å². The van der Waals surface area contributed by atoms with Crippen molar-refractivity contribution in [2.24, 2.45) is 0 Å². The largest absolute Gasteiger partial charge is 0.417 e. The first kappa shape index (κ1) is 30.9. The van der Waals surface area contributed by atoms with E-state index in [1.807, 2.05) is 0 Å². The summed E-state index contributed by atoms with van der Waals surface area (Å²) in [6.45, 7) is -1.38. The maximum Gasteiger partial charge on any atom is 0.417 e. The molecule has 1 atom stereocenters. The molecule has 3 rings (SSSR count). The lowest BCUT2D eigenvalue weighted by Crippen LogP contribution is -2.53. The van der Waals surface area contributed by atoms with Gasteiger partial charge in [-0.3, -0.25) is 13.9 Å². The SMILES string of the molecule is CNC(=O)C(Cc1ccccc1)N(Cc1ccccc1F)C(=O)CN(c1ccc(Cl)c(C(F)(F)F)c1)S(C)(=O)=O. The molecule has 0 aliphatic rings. The number of sulfonamides is 1. The van der Waals surface area contributed by atoms with Gasteiger partial charge in [-0.15, -0.1) is 0 Å². The number of likely N-dealkylation sites (N-methyl/N-ethyl adjacent to an activating group) is 1. The predicted octanol–water partition coefficient (Wildman–Crippen LogP) is 4.65. The molecule has 7 nitrogen and oxygen atoms in total. The fraction of sp³-hybridized carbons (Fsp3) is 0.259. The Labute approximate surface area is 234 Å². The van der Waals surface area contributed by atoms with Crippen LogP contribution in [0.5, 0.6) is 0 Å². The molecular weight excluding hydrogens is 574 g/mol. The van der Waals surface area contributed by atoms with Crippen molar-refractivity contribution in [3.05, 3.63) is 100 Å². The lowest BCUT2D eigenvalue weighted by atomic mass is 10.0. The van der Waals surface area contributed by atoms with E-state index in [1.165, 1.54) is 31.3 Å². The maximum absolute atomic E-state index is 14.6. The number of nitrogens with zero attached hydrogens (tertiary/aromatic N) is 2. The van der Waals surface area contributed by atoms with Crippen LogP contribution in [0.4, 0.5) is 23.2 Å². The normalized spacial score (nSPS) is 12.5. The second kappa shape index (κ2) is 12.7. The first-order valence-corrected chi connectivity index (χ1v) is 14.1. The van der Waals surface area contributed by atoms with Crippen molar-refractivity contribution in [1.29, 1.82) is 0 Å². The zero-order chi connectivity index (χ0) is 29.7. The van der Waals surface area contributed by atoms with Crippen LogP contribution >= 0.6 is 11.6 Å². The zero-order valence-corrected chi connectivity index (χ0v) is 23.0. The number of amides is 2. The third-order valence-electron chi connectivity index (χ3n) is 6.04. The Bertz CT molecular complexity index is 1470. The summed E-state index contributed by atoms with van der Waals surface area (Å²) in [7, 11) is -2.96. The average molecular weight is 600 g/mol. The Balaban J connectivity index is 2.08. The summed E-state index contributed by atoms with van der Waals surface area (Å²) in [6, 6.07) is 15.4. The van der Waals surface area contributed by atoms with E-state index in [0.29, 0.717) is 15.9 Å². The number of hydrogen-bond donors (Lipinski definition) is 1. The van der Waals surface area contributed by atoms with E-state index in [4.69, 9.17) is 11.6 Å². The molecule has 13 heteroatoms. The summed E-state index contributed by atoms with van der Waals surface area (Å²) in [6.07, 6.45) is -4.17. The van der Waals surface area contributed by atoms with Crippen molar-refractivity contribution in [2.45, 2.75) is 25.2 Å². The molecule has 214 valence electrons. The Morgan fingerprint density at radius 3 is 2.20 bits per heavy atom. The third-order valence-corrected chi connectivity index (χ3v) is 7.51. The molecule has 0 aliphatic heterocycles. The van der Waals surface area contributed by atoms with E-state index >= 15 is 0 Å². The van der Waals surface area contributed by atoms with Gasteiger partial charge in [-0.05, 0) is 29.8 Å². The molecule has 1 N–H and O–H groups in total. The standard InChI is InChI=1S/C27H26ClF4N3O4S/c1-33-26(37)24(14-18-8-4-3-5-9-18)34(16-19-10-6-7-11-23(19)29)25(36)17-35(40(2,38)39)20-12-13-22(28)21(15-20)27(30,31)32/h3-13,15,24H,14,16-17H2,1-2H3,(H,33,37). The van der Waals surface area contributed by atoms with Crippen LogP contribution in [0.2, 0.25) is 5.02 Å². The number of halogens is 5. The Kier molecular flexibility index (Phi) is 9.80. The maximum atomic E-state index is 14.6. The summed E-state index contributed by atoms with van der Waals surface area (Å²) in [4.78, 5) is 27.8. The van der Waals surface area contributed by atoms with Crippen LogP contribution < -0.4 is 9.62 Å². The van der Waals surface area contributed by atoms with Crippen LogP contribution in [0, 0.1) is 5.82 Å². The van der Waals surface area contributed by atoms with Gasteiger partial charge in [-0.25, -0.2) is 12.8 Å². The zero-order valence-electron chi connectivity index (χ0n) is 21.5. The highest BCUT2D eigenvalue weighted by atomic mass is 35.5. The van der Waals surface area contributed by atoms with Gasteiger partial charge in [0.15, 0.2) is 0 Å². The molecule has 0 aromatic heterocycles. The average Bonchev–Trinajstić information content (AvgIpc) is 2.89. The molecule has 2 amide bonds. The number of rotatable bonds is 10. The van der Waals surface area contributed by atoms with Crippen molar-refractivity contribution < 1.29 is 35.6 Å². The van der Waals surface area contributed by atoms with Gasteiger partial charge in [0, 0.05) is 25.6 Å². The highest BCUT2D eigenvalue weighted by Crippen LogP contribution is 2.37. The second-order valence-electron chi connectivity index (χ2n) is 8.86. The molecule has 0 spiro atoms. The van der Waals surface area contributed by atoms with Gasteiger partial charge in [-0.1, -0.05) is 60.1 Å². The predicted molar refractivity (Wildman–Crippen MR) is 144 cm³/mol. The number of anilines is 1. The molecule has 0 heterocycles. The third kappa shape index (κ3) is 7.72. The minimum absolute atomic E-state index is 0.00124. The van der Waals surface area contributed by atoms with E-state index < -0.39 is 69.2 Å². The fourth-order valence-corrected chi connectivity index (χ4v) is 5.10. The lowest BCUT2D eigenvalue weighted by Gasteiger charge is -2.33. The van der Waals surface area contributed by atoms with Gasteiger partial charge < -0.3 is 10.2 Å². The van der Waals surface area contributed by atoms with Crippen LogP contribution in [0.25, 0.3) is 0 Å². The molecule has 3 aromatic rings. The van der Waals surface area contributed by atoms with Crippen LogP contribution in [0.1, 0.15) is 16.7 Å². The van der Waals surface area contributed by atoms with Gasteiger partial charge in [0.25, 0.3) is 0 Å². The number of carbonyl (C=O) groups is 2. The quantitative estimate of drug-likeness (QED) is 0.344. The van der Waals surface area contributed by atoms with Gasteiger partial charge in [0.05, 0.1) is 22.5 Å². The van der Waals surface area contributed by atoms with E-state index in [1.54, 1.807) is 30.3 Å². The van der Waals surface area contributed by atoms with E-state index in [0.717, 1.165) is 23.3 Å². The molecule has 0 saturated heterocycles. The smallest absolute Gasteiger partial charge is 0.357 e. The summed E-state index contributed by atoms with van der Waals surface area (Å²) in [5, 5.41) is 1.82. The summed E-state index contributed by atoms with van der Waals surface area (Å²) in [5.41, 5.74) is -1.04. The summed E-state index contributed by atoms with van der Waals surface area (Å²) in [5.74, 6) is -2.21. The lowest BCUT2D eigenvalue weighted by molar-refractivity contribution is -0.139. The molecule has 0 bridgehead atoms. The first-order valence-electron chi connectivity index (χ1n) is 11.8. The van der Waals surface area contributed by atoms with Crippen molar-refractivity contribution in [3.63, 3.8) is 0 Å². The van der Waals surface area contributed by atoms with Crippen molar-refractivity contribution in [3.8, 4) is 0 Å². The van der Waals surface area contributed by atoms with E-state index in [2.05, 4.69) is 5.32 Å². The van der Waals surface area contributed by atoms with Crippen LogP contribution in [-0.2, 0) is 38.8 Å². The summed E-state index contributed by atoms with van der Waals surface area (Å²) >= 11 is 5.69.